The molecule has 1 spiro atoms. The Labute approximate surface area is 214 Å². The molecule has 6 nitrogen and oxygen atoms in total. The van der Waals surface area contributed by atoms with Gasteiger partial charge in [-0.2, -0.15) is 0 Å². The summed E-state index contributed by atoms with van der Waals surface area (Å²) in [6, 6.07) is 17.9. The molecule has 0 N–H and O–H groups in total. The highest BCUT2D eigenvalue weighted by molar-refractivity contribution is 5.93. The molecule has 2 aliphatic heterocycles. The molecule has 192 valence electrons. The van der Waals surface area contributed by atoms with Crippen LogP contribution in [0.15, 0.2) is 60.7 Å². The molecule has 36 heavy (non-hydrogen) atoms. The molecule has 0 bridgehead atoms. The number of amides is 2. The number of unbranched alkanes of at least 4 members (excludes halogenated alkanes) is 1. The van der Waals surface area contributed by atoms with Gasteiger partial charge in [0.05, 0.1) is 19.7 Å². The van der Waals surface area contributed by atoms with Crippen molar-refractivity contribution in [1.29, 1.82) is 0 Å². The van der Waals surface area contributed by atoms with Crippen molar-refractivity contribution < 1.29 is 19.1 Å². The molecule has 6 heteroatoms. The molecule has 2 aliphatic rings. The van der Waals surface area contributed by atoms with Gasteiger partial charge in [-0.3, -0.25) is 9.59 Å². The third kappa shape index (κ3) is 6.55. The number of benzene rings is 2. The fourth-order valence-electron chi connectivity index (χ4n) is 4.99. The van der Waals surface area contributed by atoms with Crippen LogP contribution < -0.4 is 4.74 Å². The first-order chi connectivity index (χ1) is 17.6. The fraction of sp³-hybridized carbons (Fsp3) is 0.467. The van der Waals surface area contributed by atoms with Gasteiger partial charge in [-0.05, 0) is 55.4 Å². The second kappa shape index (κ2) is 12.7. The summed E-state index contributed by atoms with van der Waals surface area (Å²) in [7, 11) is 0. The molecule has 0 radical (unpaired) electrons. The van der Waals surface area contributed by atoms with Crippen LogP contribution in [0.5, 0.6) is 5.75 Å². The zero-order valence-electron chi connectivity index (χ0n) is 21.4. The summed E-state index contributed by atoms with van der Waals surface area (Å²) in [5.41, 5.74) is 1.16. The van der Waals surface area contributed by atoms with Crippen molar-refractivity contribution in [2.24, 2.45) is 0 Å². The first kappa shape index (κ1) is 26.0. The van der Waals surface area contributed by atoms with Crippen molar-refractivity contribution in [3.8, 4) is 5.75 Å². The molecule has 1 atom stereocenters. The predicted molar refractivity (Wildman–Crippen MR) is 142 cm³/mol. The van der Waals surface area contributed by atoms with E-state index in [4.69, 9.17) is 9.47 Å². The standard InChI is InChI=1S/C30H38N2O4/c1-2-3-19-31-20-22-35-27-15-8-7-13-26(27)14-9-10-18-30(29(31)34)24-32(21-23-36-30)28(33)17-16-25-11-5-4-6-12-25/h4-8,11-13,15-17H,2-3,9-10,14,18-24H2,1H3/b17-16+. The number of aryl methyl sites for hydroxylation is 1. The van der Waals surface area contributed by atoms with Crippen LogP contribution in [0.1, 0.15) is 50.2 Å². The van der Waals surface area contributed by atoms with Crippen molar-refractivity contribution in [3.05, 3.63) is 71.8 Å². The van der Waals surface area contributed by atoms with E-state index in [9.17, 15) is 9.59 Å². The van der Waals surface area contributed by atoms with E-state index in [2.05, 4.69) is 13.0 Å². The van der Waals surface area contributed by atoms with E-state index in [1.165, 1.54) is 5.56 Å². The Morgan fingerprint density at radius 1 is 1.03 bits per heavy atom. The van der Waals surface area contributed by atoms with Gasteiger partial charge < -0.3 is 19.3 Å². The number of nitrogens with zero attached hydrogens (tertiary/aromatic N) is 2. The third-order valence-corrected chi connectivity index (χ3v) is 7.04. The SMILES string of the molecule is CCCCN1CCOc2ccccc2CCCCC2(CN(C(=O)/C=C/c3ccccc3)CCO2)C1=O. The van der Waals surface area contributed by atoms with Crippen LogP contribution in [0, 0.1) is 0 Å². The van der Waals surface area contributed by atoms with Crippen LogP contribution in [0.3, 0.4) is 0 Å². The smallest absolute Gasteiger partial charge is 0.256 e. The Bertz CT molecular complexity index is 1040. The summed E-state index contributed by atoms with van der Waals surface area (Å²) in [6.45, 7) is 4.85. The highest BCUT2D eigenvalue weighted by atomic mass is 16.5. The highest BCUT2D eigenvalue weighted by Gasteiger charge is 2.46. The van der Waals surface area contributed by atoms with Gasteiger partial charge in [0.25, 0.3) is 5.91 Å². The van der Waals surface area contributed by atoms with Gasteiger partial charge in [-0.15, -0.1) is 0 Å². The Kier molecular flexibility index (Phi) is 9.17. The summed E-state index contributed by atoms with van der Waals surface area (Å²) in [5, 5.41) is 0. The van der Waals surface area contributed by atoms with Crippen LogP contribution in [-0.2, 0) is 20.7 Å². The van der Waals surface area contributed by atoms with E-state index in [1.807, 2.05) is 59.5 Å². The molecule has 4 rings (SSSR count). The molecule has 2 aromatic rings. The van der Waals surface area contributed by atoms with Gasteiger partial charge in [-0.1, -0.05) is 61.9 Å². The van der Waals surface area contributed by atoms with Gasteiger partial charge in [0.2, 0.25) is 5.91 Å². The molecule has 1 saturated heterocycles. The zero-order chi connectivity index (χ0) is 25.2. The van der Waals surface area contributed by atoms with E-state index in [-0.39, 0.29) is 18.4 Å². The first-order valence-corrected chi connectivity index (χ1v) is 13.3. The van der Waals surface area contributed by atoms with Crippen molar-refractivity contribution in [1.82, 2.24) is 9.80 Å². The van der Waals surface area contributed by atoms with E-state index in [0.29, 0.717) is 39.3 Å². The molecule has 2 heterocycles. The lowest BCUT2D eigenvalue weighted by Crippen LogP contribution is -2.62. The van der Waals surface area contributed by atoms with E-state index < -0.39 is 5.60 Å². The molecular weight excluding hydrogens is 452 g/mol. The molecule has 0 aliphatic carbocycles. The minimum atomic E-state index is -1.01. The summed E-state index contributed by atoms with van der Waals surface area (Å²) in [6.07, 6.45) is 8.60. The molecule has 2 amide bonds. The Morgan fingerprint density at radius 2 is 1.83 bits per heavy atom. The largest absolute Gasteiger partial charge is 0.491 e. The second-order valence-corrected chi connectivity index (χ2v) is 9.66. The lowest BCUT2D eigenvalue weighted by molar-refractivity contribution is -0.175. The number of carbonyl (C=O) groups is 2. The van der Waals surface area contributed by atoms with Crippen LogP contribution in [-0.4, -0.2) is 66.6 Å². The average Bonchev–Trinajstić information content (AvgIpc) is 2.92. The quantitative estimate of drug-likeness (QED) is 0.569. The molecule has 0 saturated carbocycles. The van der Waals surface area contributed by atoms with Gasteiger partial charge in [0.1, 0.15) is 12.4 Å². The summed E-state index contributed by atoms with van der Waals surface area (Å²) in [5.74, 6) is 0.808. The molecular formula is C30H38N2O4. The van der Waals surface area contributed by atoms with Gasteiger partial charge >= 0.3 is 0 Å². The Morgan fingerprint density at radius 3 is 2.67 bits per heavy atom. The van der Waals surface area contributed by atoms with Crippen molar-refractivity contribution >= 4 is 17.9 Å². The summed E-state index contributed by atoms with van der Waals surface area (Å²) < 4.78 is 12.4. The number of morpholine rings is 1. The maximum absolute atomic E-state index is 14.0. The monoisotopic (exact) mass is 490 g/mol. The van der Waals surface area contributed by atoms with Gasteiger partial charge in [0, 0.05) is 19.2 Å². The molecule has 0 aromatic heterocycles. The van der Waals surface area contributed by atoms with Crippen LogP contribution in [0.25, 0.3) is 6.08 Å². The van der Waals surface area contributed by atoms with Crippen LogP contribution in [0.2, 0.25) is 0 Å². The van der Waals surface area contributed by atoms with Gasteiger partial charge in [-0.25, -0.2) is 0 Å². The summed E-state index contributed by atoms with van der Waals surface area (Å²) >= 11 is 0. The lowest BCUT2D eigenvalue weighted by Gasteiger charge is -2.44. The summed E-state index contributed by atoms with van der Waals surface area (Å²) in [4.78, 5) is 30.8. The number of para-hydroxylation sites is 1. The number of carbonyl (C=O) groups excluding carboxylic acids is 2. The molecule has 1 unspecified atom stereocenters. The topological polar surface area (TPSA) is 59.1 Å². The normalized spacial score (nSPS) is 21.5. The Balaban J connectivity index is 1.54. The number of ether oxygens (including phenoxy) is 2. The van der Waals surface area contributed by atoms with E-state index in [0.717, 1.165) is 43.4 Å². The van der Waals surface area contributed by atoms with Gasteiger partial charge in [0.15, 0.2) is 5.60 Å². The predicted octanol–water partition coefficient (Wildman–Crippen LogP) is 4.73. The number of rotatable bonds is 5. The van der Waals surface area contributed by atoms with Crippen molar-refractivity contribution in [2.75, 3.05) is 39.4 Å². The van der Waals surface area contributed by atoms with E-state index >= 15 is 0 Å². The molecule has 1 fully saturated rings. The fourth-order valence-corrected chi connectivity index (χ4v) is 4.99. The maximum Gasteiger partial charge on any atom is 0.256 e. The van der Waals surface area contributed by atoms with Crippen LogP contribution >= 0.6 is 0 Å². The maximum atomic E-state index is 14.0. The number of hydrogen-bond acceptors (Lipinski definition) is 4. The van der Waals surface area contributed by atoms with E-state index in [1.54, 1.807) is 11.0 Å². The minimum Gasteiger partial charge on any atom is -0.491 e. The second-order valence-electron chi connectivity index (χ2n) is 9.66. The number of fused-ring (bicyclic) bond motifs is 1. The number of hydrogen-bond donors (Lipinski definition) is 0. The minimum absolute atomic E-state index is 0.0158. The Hall–Kier alpha value is -3.12. The average molecular weight is 491 g/mol. The first-order valence-electron chi connectivity index (χ1n) is 13.3. The lowest BCUT2D eigenvalue weighted by atomic mass is 9.90. The van der Waals surface area contributed by atoms with Crippen molar-refractivity contribution in [3.63, 3.8) is 0 Å². The zero-order valence-corrected chi connectivity index (χ0v) is 21.4. The molecule has 2 aromatic carbocycles. The highest BCUT2D eigenvalue weighted by Crippen LogP contribution is 2.30. The van der Waals surface area contributed by atoms with Crippen LogP contribution in [0.4, 0.5) is 0 Å². The van der Waals surface area contributed by atoms with Crippen molar-refractivity contribution in [2.45, 2.75) is 51.0 Å². The third-order valence-electron chi connectivity index (χ3n) is 7.04.